The Morgan fingerprint density at radius 3 is 2.81 bits per heavy atom. The Balaban J connectivity index is 2.32. The maximum Gasteiger partial charge on any atom is 0.241 e. The highest BCUT2D eigenvalue weighted by atomic mass is 16.5. The summed E-state index contributed by atoms with van der Waals surface area (Å²) in [5.41, 5.74) is 2.70. The second-order valence-corrected chi connectivity index (χ2v) is 5.84. The molecule has 0 aliphatic carbocycles. The van der Waals surface area contributed by atoms with Crippen LogP contribution in [-0.2, 0) is 11.3 Å². The first-order valence-corrected chi connectivity index (χ1v) is 7.21. The Labute approximate surface area is 125 Å². The summed E-state index contributed by atoms with van der Waals surface area (Å²) >= 11 is 0. The number of hydrogen-bond acceptors (Lipinski definition) is 3. The molecule has 21 heavy (non-hydrogen) atoms. The molecule has 2 rings (SSSR count). The molecule has 0 fully saturated rings. The molecule has 1 aromatic carbocycles. The van der Waals surface area contributed by atoms with Crippen molar-refractivity contribution in [3.05, 3.63) is 30.5 Å². The summed E-state index contributed by atoms with van der Waals surface area (Å²) in [7, 11) is 0. The number of nitrogens with one attached hydrogen (secondary N) is 1. The van der Waals surface area contributed by atoms with E-state index in [-0.39, 0.29) is 5.91 Å². The van der Waals surface area contributed by atoms with E-state index in [2.05, 4.69) is 16.9 Å². The van der Waals surface area contributed by atoms with E-state index >= 15 is 0 Å². The van der Waals surface area contributed by atoms with Crippen LogP contribution in [-0.4, -0.2) is 17.1 Å². The molecule has 1 aromatic heterocycles. The molecular weight excluding hydrogens is 266 g/mol. The maximum absolute atomic E-state index is 11.8. The Kier molecular flexibility index (Phi) is 4.53. The first-order valence-electron chi connectivity index (χ1n) is 7.21. The highest BCUT2D eigenvalue weighted by Crippen LogP contribution is 2.29. The van der Waals surface area contributed by atoms with E-state index in [0.717, 1.165) is 23.1 Å². The summed E-state index contributed by atoms with van der Waals surface area (Å²) in [4.78, 5) is 11.8. The van der Waals surface area contributed by atoms with Gasteiger partial charge in [0.2, 0.25) is 5.91 Å². The van der Waals surface area contributed by atoms with Crippen LogP contribution in [0.25, 0.3) is 10.9 Å². The van der Waals surface area contributed by atoms with E-state index in [1.165, 1.54) is 0 Å². The third kappa shape index (κ3) is 3.19. The summed E-state index contributed by atoms with van der Waals surface area (Å²) in [6, 6.07) is 8.00. The van der Waals surface area contributed by atoms with Gasteiger partial charge < -0.3 is 9.30 Å². The molecule has 114 valence electrons. The highest BCUT2D eigenvalue weighted by molar-refractivity contribution is 5.87. The lowest BCUT2D eigenvalue weighted by Crippen LogP contribution is -2.43. The summed E-state index contributed by atoms with van der Waals surface area (Å²) in [5, 5.41) is 1.06. The molecule has 0 atom stereocenters. The number of amides is 1. The van der Waals surface area contributed by atoms with Crippen molar-refractivity contribution in [1.82, 2.24) is 9.99 Å². The van der Waals surface area contributed by atoms with Gasteiger partial charge in [0, 0.05) is 18.1 Å². The second-order valence-electron chi connectivity index (χ2n) is 5.84. The van der Waals surface area contributed by atoms with E-state index in [4.69, 9.17) is 10.6 Å². The minimum Gasteiger partial charge on any atom is -0.493 e. The van der Waals surface area contributed by atoms with Gasteiger partial charge in [-0.1, -0.05) is 13.0 Å². The summed E-state index contributed by atoms with van der Waals surface area (Å²) < 4.78 is 7.83. The number of benzene rings is 1. The van der Waals surface area contributed by atoms with Crippen molar-refractivity contribution in [2.75, 3.05) is 6.61 Å². The highest BCUT2D eigenvalue weighted by Gasteiger charge is 2.28. The number of rotatable bonds is 6. The molecule has 5 heteroatoms. The first-order chi connectivity index (χ1) is 9.99. The van der Waals surface area contributed by atoms with Crippen LogP contribution < -0.4 is 16.0 Å². The average Bonchev–Trinajstić information content (AvgIpc) is 2.87. The molecule has 1 heterocycles. The fourth-order valence-corrected chi connectivity index (χ4v) is 2.36. The van der Waals surface area contributed by atoms with Gasteiger partial charge in [0.05, 0.1) is 17.5 Å². The predicted molar refractivity (Wildman–Crippen MR) is 83.8 cm³/mol. The van der Waals surface area contributed by atoms with Gasteiger partial charge in [-0.3, -0.25) is 10.2 Å². The normalized spacial score (nSPS) is 11.6. The Hall–Kier alpha value is -2.01. The molecule has 2 aromatic rings. The molecule has 0 aliphatic heterocycles. The van der Waals surface area contributed by atoms with Gasteiger partial charge in [-0.25, -0.2) is 5.84 Å². The van der Waals surface area contributed by atoms with Crippen molar-refractivity contribution in [3.63, 3.8) is 0 Å². The molecule has 0 saturated carbocycles. The van der Waals surface area contributed by atoms with Gasteiger partial charge in [-0.05, 0) is 38.5 Å². The van der Waals surface area contributed by atoms with Crippen molar-refractivity contribution in [2.24, 2.45) is 11.3 Å². The van der Waals surface area contributed by atoms with E-state index in [9.17, 15) is 4.79 Å². The standard InChI is InChI=1S/C16H23N3O2/c1-4-10-21-14-7-5-6-13-12(14)8-9-19(13)11-16(2,3)15(20)18-17/h5-9H,4,10-11,17H2,1-3H3,(H,18,20). The molecule has 0 saturated heterocycles. The van der Waals surface area contributed by atoms with Crippen LogP contribution in [0.4, 0.5) is 0 Å². The van der Waals surface area contributed by atoms with E-state index < -0.39 is 5.41 Å². The Bertz CT molecular complexity index is 631. The third-order valence-electron chi connectivity index (χ3n) is 3.55. The zero-order valence-electron chi connectivity index (χ0n) is 12.8. The Morgan fingerprint density at radius 1 is 1.38 bits per heavy atom. The van der Waals surface area contributed by atoms with Crippen molar-refractivity contribution >= 4 is 16.8 Å². The second kappa shape index (κ2) is 6.18. The molecule has 0 aliphatic rings. The number of nitrogens with two attached hydrogens (primary N) is 1. The van der Waals surface area contributed by atoms with E-state index in [0.29, 0.717) is 13.2 Å². The van der Waals surface area contributed by atoms with Gasteiger partial charge in [-0.15, -0.1) is 0 Å². The predicted octanol–water partition coefficient (Wildman–Crippen LogP) is 2.45. The zero-order chi connectivity index (χ0) is 15.5. The summed E-state index contributed by atoms with van der Waals surface area (Å²) in [6.45, 7) is 7.08. The number of nitrogens with zero attached hydrogens (tertiary/aromatic N) is 1. The lowest BCUT2D eigenvalue weighted by Gasteiger charge is -2.23. The number of fused-ring (bicyclic) bond motifs is 1. The third-order valence-corrected chi connectivity index (χ3v) is 3.55. The number of carbonyl (C=O) groups is 1. The molecule has 1 amide bonds. The maximum atomic E-state index is 11.8. The van der Waals surface area contributed by atoms with Crippen LogP contribution in [0.1, 0.15) is 27.2 Å². The molecule has 3 N–H and O–H groups in total. The van der Waals surface area contributed by atoms with Gasteiger partial charge in [0.15, 0.2) is 0 Å². The first kappa shape index (κ1) is 15.4. The molecule has 0 unspecified atom stereocenters. The molecular formula is C16H23N3O2. The SMILES string of the molecule is CCCOc1cccc2c1ccn2CC(C)(C)C(=O)NN. The zero-order valence-corrected chi connectivity index (χ0v) is 12.8. The van der Waals surface area contributed by atoms with Crippen LogP contribution >= 0.6 is 0 Å². The lowest BCUT2D eigenvalue weighted by atomic mass is 9.92. The van der Waals surface area contributed by atoms with E-state index in [1.807, 2.05) is 44.3 Å². The van der Waals surface area contributed by atoms with Crippen molar-refractivity contribution in [3.8, 4) is 5.75 Å². The molecule has 0 radical (unpaired) electrons. The van der Waals surface area contributed by atoms with Crippen molar-refractivity contribution in [1.29, 1.82) is 0 Å². The molecule has 0 bridgehead atoms. The molecule has 0 spiro atoms. The number of hydrazine groups is 1. The van der Waals surface area contributed by atoms with E-state index in [1.54, 1.807) is 0 Å². The minimum atomic E-state index is -0.582. The van der Waals surface area contributed by atoms with Crippen LogP contribution in [0.2, 0.25) is 0 Å². The smallest absolute Gasteiger partial charge is 0.241 e. The van der Waals surface area contributed by atoms with Gasteiger partial charge in [0.1, 0.15) is 5.75 Å². The number of aromatic nitrogens is 1. The van der Waals surface area contributed by atoms with Gasteiger partial charge >= 0.3 is 0 Å². The lowest BCUT2D eigenvalue weighted by molar-refractivity contribution is -0.130. The van der Waals surface area contributed by atoms with Crippen LogP contribution in [0.5, 0.6) is 5.75 Å². The topological polar surface area (TPSA) is 69.3 Å². The quantitative estimate of drug-likeness (QED) is 0.487. The average molecular weight is 289 g/mol. The number of carbonyl (C=O) groups excluding carboxylic acids is 1. The van der Waals surface area contributed by atoms with Crippen molar-refractivity contribution in [2.45, 2.75) is 33.7 Å². The fourth-order valence-electron chi connectivity index (χ4n) is 2.36. The largest absolute Gasteiger partial charge is 0.493 e. The van der Waals surface area contributed by atoms with Crippen molar-refractivity contribution < 1.29 is 9.53 Å². The number of hydrogen-bond donors (Lipinski definition) is 2. The van der Waals surface area contributed by atoms with Crippen LogP contribution in [0.15, 0.2) is 30.5 Å². The summed E-state index contributed by atoms with van der Waals surface area (Å²) in [5.74, 6) is 5.96. The minimum absolute atomic E-state index is 0.178. The molecule has 5 nitrogen and oxygen atoms in total. The van der Waals surface area contributed by atoms with Crippen LogP contribution in [0.3, 0.4) is 0 Å². The number of ether oxygens (including phenoxy) is 1. The monoisotopic (exact) mass is 289 g/mol. The van der Waals surface area contributed by atoms with Gasteiger partial charge in [-0.2, -0.15) is 0 Å². The van der Waals surface area contributed by atoms with Crippen LogP contribution in [0, 0.1) is 5.41 Å². The Morgan fingerprint density at radius 2 is 2.14 bits per heavy atom. The summed E-state index contributed by atoms with van der Waals surface area (Å²) in [6.07, 6.45) is 2.95. The van der Waals surface area contributed by atoms with Gasteiger partial charge in [0.25, 0.3) is 0 Å². The fraction of sp³-hybridized carbons (Fsp3) is 0.438.